The minimum atomic E-state index is -1.32. The maximum Gasteiger partial charge on any atom is 0.507 e. The summed E-state index contributed by atoms with van der Waals surface area (Å²) in [4.78, 5) is 0. The minimum Gasteiger partial charge on any atom is -0.497 e. The monoisotopic (exact) mass is 778 g/mol. The van der Waals surface area contributed by atoms with Crippen molar-refractivity contribution in [3.05, 3.63) is 102 Å². The molecule has 0 saturated heterocycles. The average Bonchev–Trinajstić information content (AvgIpc) is 3.13. The first-order valence-electron chi connectivity index (χ1n) is 15.2. The third-order valence-electron chi connectivity index (χ3n) is 7.18. The van der Waals surface area contributed by atoms with Crippen LogP contribution >= 0.6 is 33.9 Å². The van der Waals surface area contributed by atoms with E-state index in [9.17, 15) is 5.11 Å². The van der Waals surface area contributed by atoms with E-state index in [-0.39, 0.29) is 12.7 Å². The Morgan fingerprint density at radius 3 is 2.08 bits per heavy atom. The number of rotatable bonds is 18. The highest BCUT2D eigenvalue weighted by atomic mass is 32.7. The predicted octanol–water partition coefficient (Wildman–Crippen LogP) is 7.37. The molecule has 0 saturated carbocycles. The minimum absolute atomic E-state index is 0.0107. The van der Waals surface area contributed by atoms with Gasteiger partial charge in [-0.25, -0.2) is 10.2 Å². The zero-order valence-electron chi connectivity index (χ0n) is 27.6. The molecule has 3 aromatic rings. The second-order valence-electron chi connectivity index (χ2n) is 10.8. The quantitative estimate of drug-likeness (QED) is 0.0397. The van der Waals surface area contributed by atoms with E-state index in [1.54, 1.807) is 48.3 Å². The Kier molecular flexibility index (Phi) is 16.2. The van der Waals surface area contributed by atoms with Crippen molar-refractivity contribution in [3.63, 3.8) is 0 Å². The van der Waals surface area contributed by atoms with Crippen LogP contribution in [0.5, 0.6) is 17.2 Å². The van der Waals surface area contributed by atoms with Crippen LogP contribution in [0.2, 0.25) is 0 Å². The smallest absolute Gasteiger partial charge is 0.497 e. The van der Waals surface area contributed by atoms with E-state index < -0.39 is 21.7 Å². The van der Waals surface area contributed by atoms with Crippen molar-refractivity contribution in [1.29, 1.82) is 0 Å². The molecule has 5 atom stereocenters. The van der Waals surface area contributed by atoms with Gasteiger partial charge in [-0.05, 0) is 101 Å². The van der Waals surface area contributed by atoms with E-state index in [0.717, 1.165) is 41.8 Å². The average molecular weight is 779 g/mol. The number of nitrogens with one attached hydrogen (secondary N) is 1. The number of benzene rings is 3. The van der Waals surface area contributed by atoms with Gasteiger partial charge in [0, 0.05) is 13.6 Å². The van der Waals surface area contributed by atoms with Crippen molar-refractivity contribution in [2.24, 2.45) is 16.1 Å². The van der Waals surface area contributed by atoms with Gasteiger partial charge in [-0.2, -0.15) is 5.10 Å². The van der Waals surface area contributed by atoms with Crippen LogP contribution in [-0.4, -0.2) is 72.8 Å². The van der Waals surface area contributed by atoms with Gasteiger partial charge in [0.05, 0.1) is 40.2 Å². The molecule has 0 amide bonds. The third kappa shape index (κ3) is 13.2. The van der Waals surface area contributed by atoms with Crippen LogP contribution in [0.3, 0.4) is 0 Å². The summed E-state index contributed by atoms with van der Waals surface area (Å²) in [5.41, 5.74) is 6.07. The van der Waals surface area contributed by atoms with Crippen LogP contribution in [0.1, 0.15) is 29.5 Å². The van der Waals surface area contributed by atoms with Crippen molar-refractivity contribution >= 4 is 69.9 Å². The lowest BCUT2D eigenvalue weighted by Gasteiger charge is -2.21. The van der Waals surface area contributed by atoms with E-state index >= 15 is 0 Å². The highest BCUT2D eigenvalue weighted by Gasteiger charge is 2.28. The first-order chi connectivity index (χ1) is 23.6. The maximum atomic E-state index is 9.19. The van der Waals surface area contributed by atoms with Crippen LogP contribution < -0.4 is 19.2 Å². The Hall–Kier alpha value is -2.60. The van der Waals surface area contributed by atoms with E-state index in [1.165, 1.54) is 0 Å². The van der Waals surface area contributed by atoms with Crippen LogP contribution in [0.15, 0.2) is 95.2 Å². The number of hydrogen-bond donors (Lipinski definition) is 3. The first kappa shape index (κ1) is 39.2. The second kappa shape index (κ2) is 20.3. The van der Waals surface area contributed by atoms with Gasteiger partial charge in [0.2, 0.25) is 23.6 Å². The lowest BCUT2D eigenvalue weighted by Crippen LogP contribution is -2.34. The zero-order valence-corrected chi connectivity index (χ0v) is 32.9. The predicted molar refractivity (Wildman–Crippen MR) is 211 cm³/mol. The molecule has 3 aromatic carbocycles. The molecule has 11 nitrogen and oxygen atoms in total. The first-order valence-corrected chi connectivity index (χ1v) is 22.1. The van der Waals surface area contributed by atoms with Crippen LogP contribution in [0, 0.1) is 5.92 Å². The van der Waals surface area contributed by atoms with Gasteiger partial charge < -0.3 is 14.4 Å². The number of hydrazine groups is 1. The van der Waals surface area contributed by atoms with Gasteiger partial charge in [-0.1, -0.05) is 41.3 Å². The summed E-state index contributed by atoms with van der Waals surface area (Å²) < 4.78 is 28.4. The molecule has 0 spiro atoms. The Morgan fingerprint density at radius 1 is 0.878 bits per heavy atom. The van der Waals surface area contributed by atoms with E-state index in [2.05, 4.69) is 40.0 Å². The number of methoxy groups -OCH3 is 1. The molecular formula is C32H41N6O5P3S3+2. The summed E-state index contributed by atoms with van der Waals surface area (Å²) in [6.45, 7) is 0.727. The van der Waals surface area contributed by atoms with Gasteiger partial charge in [0.1, 0.15) is 17.6 Å². The number of aliphatic hydroxyl groups excluding tert-OH is 1. The molecule has 1 aliphatic rings. The number of nitrogens with zero attached hydrogens (tertiary/aromatic N) is 5. The normalized spacial score (nSPS) is 17.3. The molecule has 5 unspecified atom stereocenters. The number of hydrazone groups is 2. The highest BCUT2D eigenvalue weighted by molar-refractivity contribution is 8.42. The van der Waals surface area contributed by atoms with Crippen molar-refractivity contribution in [2.45, 2.75) is 25.6 Å². The lowest BCUT2D eigenvalue weighted by molar-refractivity contribution is 0.228. The molecule has 0 bridgehead atoms. The fraction of sp³-hybridized carbons (Fsp3) is 0.312. The summed E-state index contributed by atoms with van der Waals surface area (Å²) in [7, 11) is 3.29. The zero-order chi connectivity index (χ0) is 35.2. The second-order valence-corrected chi connectivity index (χ2v) is 17.5. The van der Waals surface area contributed by atoms with Crippen molar-refractivity contribution in [2.75, 3.05) is 34.8 Å². The summed E-state index contributed by atoms with van der Waals surface area (Å²) in [5.74, 6) is 2.49. The molecule has 49 heavy (non-hydrogen) atoms. The van der Waals surface area contributed by atoms with E-state index in [1.807, 2.05) is 79.5 Å². The Morgan fingerprint density at radius 2 is 1.49 bits per heavy atom. The SMILES string of the molecule is COc1ccc(/C=N/N(C)[P+](=S)OC2C=CC(CNN(C)[P+](=S)Oc3ccc(/C=N/N(C)P(S)Oc4ccc(CO)cc4)cc3)CC2)cc1. The maximum absolute atomic E-state index is 9.19. The third-order valence-corrected chi connectivity index (χ3v) is 13.1. The highest BCUT2D eigenvalue weighted by Crippen LogP contribution is 2.45. The van der Waals surface area contributed by atoms with Crippen molar-refractivity contribution < 1.29 is 23.4 Å². The van der Waals surface area contributed by atoms with E-state index in [0.29, 0.717) is 17.4 Å². The Bertz CT molecular complexity index is 1600. The summed E-state index contributed by atoms with van der Waals surface area (Å²) in [6, 6.07) is 22.5. The molecular weight excluding hydrogens is 738 g/mol. The fourth-order valence-corrected chi connectivity index (χ4v) is 7.43. The van der Waals surface area contributed by atoms with Gasteiger partial charge >= 0.3 is 14.1 Å². The van der Waals surface area contributed by atoms with Crippen molar-refractivity contribution in [1.82, 2.24) is 19.8 Å². The molecule has 0 aliphatic heterocycles. The number of thiol groups is 1. The Labute approximate surface area is 307 Å². The molecule has 2 N–H and O–H groups in total. The summed E-state index contributed by atoms with van der Waals surface area (Å²) >= 11 is 15.8. The number of ether oxygens (including phenoxy) is 1. The molecule has 1 aliphatic carbocycles. The molecule has 0 fully saturated rings. The molecule has 0 heterocycles. The van der Waals surface area contributed by atoms with Gasteiger partial charge in [-0.3, -0.25) is 4.52 Å². The molecule has 17 heteroatoms. The van der Waals surface area contributed by atoms with Crippen LogP contribution in [0.4, 0.5) is 0 Å². The van der Waals surface area contributed by atoms with Crippen LogP contribution in [-0.2, 0) is 34.7 Å². The number of aliphatic hydroxyl groups is 1. The largest absolute Gasteiger partial charge is 0.507 e. The molecule has 4 rings (SSSR count). The summed E-state index contributed by atoms with van der Waals surface area (Å²) in [6.07, 6.45) is 9.58. The Balaban J connectivity index is 1.15. The van der Waals surface area contributed by atoms with E-state index in [4.69, 9.17) is 41.9 Å². The molecule has 260 valence electrons. The molecule has 0 aromatic heterocycles. The topological polar surface area (TPSA) is 104 Å². The van der Waals surface area contributed by atoms with Gasteiger partial charge in [0.15, 0.2) is 5.75 Å². The van der Waals surface area contributed by atoms with Gasteiger partial charge in [0.25, 0.3) is 7.50 Å². The molecule has 0 radical (unpaired) electrons. The number of hydrogen-bond acceptors (Lipinski definition) is 12. The van der Waals surface area contributed by atoms with Crippen molar-refractivity contribution in [3.8, 4) is 17.2 Å². The standard InChI is InChI=1S/C32H41N6O5P3S3/c1-36(33-21-25-5-13-29(40-4)14-6-25)44(47)41-30-15-7-26(8-16-30)22-34-37(2)45(48)42-31-17-9-27(10-18-31)23-35-38(3)46(49)43-32-19-11-28(24-39)12-20-32/h5-7,9-15,17-21,23,26,30,34,39,49H,8,16,22,24H2,1-4H3/q+2/b33-21+,35-23+. The van der Waals surface area contributed by atoms with Gasteiger partial charge in [-0.15, -0.1) is 9.63 Å². The lowest BCUT2D eigenvalue weighted by atomic mass is 9.94. The summed E-state index contributed by atoms with van der Waals surface area (Å²) in [5, 5.41) is 18.1. The fourth-order valence-electron chi connectivity index (χ4n) is 4.25. The van der Waals surface area contributed by atoms with Crippen LogP contribution in [0.25, 0.3) is 0 Å².